The van der Waals surface area contributed by atoms with Crippen molar-refractivity contribution >= 4 is 53.8 Å². The van der Waals surface area contributed by atoms with Crippen molar-refractivity contribution in [2.45, 2.75) is 13.0 Å². The summed E-state index contributed by atoms with van der Waals surface area (Å²) in [6, 6.07) is 11.6. The molecule has 0 aromatic heterocycles. The van der Waals surface area contributed by atoms with Gasteiger partial charge in [-0.25, -0.2) is 4.79 Å². The van der Waals surface area contributed by atoms with Gasteiger partial charge in [0.1, 0.15) is 25.1 Å². The van der Waals surface area contributed by atoms with Crippen molar-refractivity contribution in [2.24, 2.45) is 0 Å². The van der Waals surface area contributed by atoms with Crippen LogP contribution in [0.4, 0.5) is 0 Å². The Kier molecular flexibility index (Phi) is 7.88. The van der Waals surface area contributed by atoms with Gasteiger partial charge in [0.25, 0.3) is 0 Å². The molecule has 0 aliphatic carbocycles. The third kappa shape index (κ3) is 5.94. The van der Waals surface area contributed by atoms with Gasteiger partial charge in [0.05, 0.1) is 4.47 Å². The number of carbonyl (C=O) groups is 1. The smallest absolute Gasteiger partial charge is 0.333 e. The lowest BCUT2D eigenvalue weighted by Crippen LogP contribution is -2.25. The molecule has 1 atom stereocenters. The molecule has 0 spiro atoms. The summed E-state index contributed by atoms with van der Waals surface area (Å²) in [5.41, 5.74) is 2.12. The first-order chi connectivity index (χ1) is 12.3. The quantitative estimate of drug-likeness (QED) is 0.367. The van der Waals surface area contributed by atoms with E-state index in [-0.39, 0.29) is 18.8 Å². The molecule has 0 amide bonds. The molecule has 0 aliphatic rings. The molecule has 1 unspecified atom stereocenters. The summed E-state index contributed by atoms with van der Waals surface area (Å²) in [5.74, 6) is 0.0604. The zero-order valence-corrected chi connectivity index (χ0v) is 18.7. The second-order valence-corrected chi connectivity index (χ2v) is 8.30. The lowest BCUT2D eigenvalue weighted by Gasteiger charge is -2.17. The van der Waals surface area contributed by atoms with Gasteiger partial charge in [0.2, 0.25) is 0 Å². The van der Waals surface area contributed by atoms with E-state index in [1.807, 2.05) is 36.4 Å². The van der Waals surface area contributed by atoms with Gasteiger partial charge in [-0.05, 0) is 52.7 Å². The molecular formula is C19H17Br3O4. The Balaban J connectivity index is 2.14. The van der Waals surface area contributed by atoms with E-state index >= 15 is 0 Å². The van der Waals surface area contributed by atoms with Crippen LogP contribution >= 0.6 is 47.8 Å². The molecule has 0 radical (unpaired) electrons. The Morgan fingerprint density at radius 3 is 2.38 bits per heavy atom. The summed E-state index contributed by atoms with van der Waals surface area (Å²) < 4.78 is 13.4. The zero-order chi connectivity index (χ0) is 19.3. The molecule has 2 rings (SSSR count). The predicted molar refractivity (Wildman–Crippen MR) is 112 cm³/mol. The van der Waals surface area contributed by atoms with Gasteiger partial charge >= 0.3 is 5.97 Å². The molecule has 0 bridgehead atoms. The van der Waals surface area contributed by atoms with Crippen molar-refractivity contribution in [2.75, 3.05) is 13.2 Å². The second-order valence-electron chi connectivity index (χ2n) is 5.61. The topological polar surface area (TPSA) is 55.8 Å². The summed E-state index contributed by atoms with van der Waals surface area (Å²) in [5, 5.41) is 10.0. The molecule has 0 saturated carbocycles. The Morgan fingerprint density at radius 1 is 1.12 bits per heavy atom. The zero-order valence-electron chi connectivity index (χ0n) is 14.0. The molecule has 1 N–H and O–H groups in total. The van der Waals surface area contributed by atoms with E-state index in [9.17, 15) is 9.90 Å². The van der Waals surface area contributed by atoms with Gasteiger partial charge in [-0.2, -0.15) is 0 Å². The van der Waals surface area contributed by atoms with Crippen molar-refractivity contribution in [3.05, 3.63) is 62.0 Å². The van der Waals surface area contributed by atoms with Crippen LogP contribution in [0.15, 0.2) is 62.0 Å². The summed E-state index contributed by atoms with van der Waals surface area (Å²) in [7, 11) is 0. The molecule has 0 fully saturated rings. The molecule has 26 heavy (non-hydrogen) atoms. The number of ether oxygens (including phenoxy) is 2. The number of halogens is 3. The van der Waals surface area contributed by atoms with Crippen LogP contribution in [0.25, 0.3) is 11.1 Å². The van der Waals surface area contributed by atoms with E-state index in [0.717, 1.165) is 24.5 Å². The number of rotatable bonds is 7. The number of esters is 1. The first kappa shape index (κ1) is 21.2. The third-order valence-electron chi connectivity index (χ3n) is 3.34. The minimum atomic E-state index is -0.952. The van der Waals surface area contributed by atoms with Crippen LogP contribution in [0, 0.1) is 0 Å². The van der Waals surface area contributed by atoms with Crippen LogP contribution in [-0.4, -0.2) is 30.4 Å². The highest BCUT2D eigenvalue weighted by Gasteiger charge is 2.16. The van der Waals surface area contributed by atoms with E-state index in [2.05, 4.69) is 54.4 Å². The number of benzene rings is 2. The van der Waals surface area contributed by atoms with Crippen LogP contribution in [0.1, 0.15) is 6.92 Å². The van der Waals surface area contributed by atoms with Crippen molar-refractivity contribution in [1.29, 1.82) is 0 Å². The number of aliphatic hydroxyl groups excluding tert-OH is 1. The van der Waals surface area contributed by atoms with Crippen LogP contribution in [0.2, 0.25) is 0 Å². The molecule has 2 aromatic carbocycles. The molecule has 0 aliphatic heterocycles. The summed E-state index contributed by atoms with van der Waals surface area (Å²) >= 11 is 10.4. The van der Waals surface area contributed by atoms with E-state index in [1.165, 1.54) is 0 Å². The summed E-state index contributed by atoms with van der Waals surface area (Å²) in [6.45, 7) is 4.87. The van der Waals surface area contributed by atoms with Gasteiger partial charge < -0.3 is 14.6 Å². The number of aliphatic hydroxyl groups is 1. The lowest BCUT2D eigenvalue weighted by atomic mass is 10.0. The summed E-state index contributed by atoms with van der Waals surface area (Å²) in [4.78, 5) is 11.4. The number of carbonyl (C=O) groups excluding carboxylic acids is 1. The van der Waals surface area contributed by atoms with E-state index < -0.39 is 12.1 Å². The van der Waals surface area contributed by atoms with Crippen molar-refractivity contribution in [1.82, 2.24) is 0 Å². The fourth-order valence-corrected chi connectivity index (χ4v) is 3.68. The van der Waals surface area contributed by atoms with E-state index in [4.69, 9.17) is 9.47 Å². The second kappa shape index (κ2) is 9.69. The predicted octanol–water partition coefficient (Wildman–Crippen LogP) is 5.50. The van der Waals surface area contributed by atoms with Crippen LogP contribution < -0.4 is 4.74 Å². The van der Waals surface area contributed by atoms with Crippen molar-refractivity contribution in [3.8, 4) is 16.9 Å². The number of hydrogen-bond donors (Lipinski definition) is 1. The average molecular weight is 549 g/mol. The van der Waals surface area contributed by atoms with Gasteiger partial charge in [-0.15, -0.1) is 0 Å². The molecular weight excluding hydrogens is 532 g/mol. The minimum absolute atomic E-state index is 0.0206. The maximum absolute atomic E-state index is 11.4. The molecule has 0 saturated heterocycles. The van der Waals surface area contributed by atoms with Crippen molar-refractivity contribution in [3.63, 3.8) is 0 Å². The van der Waals surface area contributed by atoms with Gasteiger partial charge in [-0.3, -0.25) is 0 Å². The standard InChI is InChI=1S/C19H17Br3O4/c1-11(2)19(24)26-10-15(23)9-25-18-16(7-14(21)8-17(18)22)12-3-5-13(20)6-4-12/h3-8,15,23H,1,9-10H2,2H3. The normalized spacial score (nSPS) is 11.7. The highest BCUT2D eigenvalue weighted by atomic mass is 79.9. The highest BCUT2D eigenvalue weighted by Crippen LogP contribution is 2.39. The number of hydrogen-bond acceptors (Lipinski definition) is 4. The Bertz CT molecular complexity index is 803. The van der Waals surface area contributed by atoms with Gasteiger partial charge in [0, 0.05) is 20.1 Å². The lowest BCUT2D eigenvalue weighted by molar-refractivity contribution is -0.142. The monoisotopic (exact) mass is 546 g/mol. The van der Waals surface area contributed by atoms with E-state index in [1.54, 1.807) is 6.92 Å². The Labute approximate surface area is 177 Å². The van der Waals surface area contributed by atoms with Crippen LogP contribution in [0.5, 0.6) is 5.75 Å². The summed E-state index contributed by atoms with van der Waals surface area (Å²) in [6.07, 6.45) is -0.952. The largest absolute Gasteiger partial charge is 0.489 e. The average Bonchev–Trinajstić information content (AvgIpc) is 2.58. The Morgan fingerprint density at radius 2 is 1.77 bits per heavy atom. The molecule has 0 heterocycles. The third-order valence-corrected chi connectivity index (χ3v) is 4.91. The van der Waals surface area contributed by atoms with Crippen molar-refractivity contribution < 1.29 is 19.4 Å². The molecule has 138 valence electrons. The van der Waals surface area contributed by atoms with Gasteiger partial charge in [0.15, 0.2) is 0 Å². The first-order valence-electron chi connectivity index (χ1n) is 7.66. The van der Waals surface area contributed by atoms with Crippen LogP contribution in [0.3, 0.4) is 0 Å². The van der Waals surface area contributed by atoms with Gasteiger partial charge in [-0.1, -0.05) is 50.6 Å². The highest BCUT2D eigenvalue weighted by molar-refractivity contribution is 9.11. The first-order valence-corrected chi connectivity index (χ1v) is 10.0. The minimum Gasteiger partial charge on any atom is -0.489 e. The van der Waals surface area contributed by atoms with E-state index in [0.29, 0.717) is 5.75 Å². The fourth-order valence-electron chi connectivity index (χ4n) is 2.07. The molecule has 4 nitrogen and oxygen atoms in total. The fraction of sp³-hybridized carbons (Fsp3) is 0.211. The maximum atomic E-state index is 11.4. The SMILES string of the molecule is C=C(C)C(=O)OCC(O)COc1c(Br)cc(Br)cc1-c1ccc(Br)cc1. The van der Waals surface area contributed by atoms with Crippen LogP contribution in [-0.2, 0) is 9.53 Å². The Hall–Kier alpha value is -1.15. The maximum Gasteiger partial charge on any atom is 0.333 e. The molecule has 7 heteroatoms. The molecule has 2 aromatic rings.